The summed E-state index contributed by atoms with van der Waals surface area (Å²) in [5.74, 6) is -4.56. The number of carbonyl (C=O) groups excluding carboxylic acids is 2. The first-order valence-corrected chi connectivity index (χ1v) is 15.8. The lowest BCUT2D eigenvalue weighted by Crippen LogP contribution is -2.60. The predicted octanol–water partition coefficient (Wildman–Crippen LogP) is 5.20. The quantitative estimate of drug-likeness (QED) is 0.183. The maximum atomic E-state index is 15.5. The molecule has 2 fully saturated rings. The molecule has 2 amide bonds. The van der Waals surface area contributed by atoms with Crippen LogP contribution in [0.25, 0.3) is 5.57 Å². The van der Waals surface area contributed by atoms with Gasteiger partial charge in [0.15, 0.2) is 5.54 Å². The highest BCUT2D eigenvalue weighted by molar-refractivity contribution is 7.91. The number of hydrogen-bond donors (Lipinski definition) is 2. The number of nitrogens with one attached hydrogen (secondary N) is 2. The van der Waals surface area contributed by atoms with Crippen molar-refractivity contribution in [2.45, 2.75) is 87.0 Å². The Kier molecular flexibility index (Phi) is 8.70. The van der Waals surface area contributed by atoms with Crippen molar-refractivity contribution in [2.24, 2.45) is 0 Å². The van der Waals surface area contributed by atoms with Gasteiger partial charge in [-0.3, -0.25) is 14.3 Å². The van der Waals surface area contributed by atoms with Crippen molar-refractivity contribution in [3.8, 4) is 5.75 Å². The summed E-state index contributed by atoms with van der Waals surface area (Å²) in [5.41, 5.74) is -5.73. The number of benzene rings is 1. The fraction of sp³-hybridized carbons (Fsp3) is 0.536. The van der Waals surface area contributed by atoms with Crippen molar-refractivity contribution in [1.82, 2.24) is 19.8 Å². The van der Waals surface area contributed by atoms with Crippen molar-refractivity contribution in [1.29, 1.82) is 0 Å². The number of ether oxygens (including phenoxy) is 1. The highest BCUT2D eigenvalue weighted by Gasteiger charge is 2.61. The van der Waals surface area contributed by atoms with Gasteiger partial charge in [0.2, 0.25) is 10.0 Å². The molecular weight excluding hydrogens is 637 g/mol. The van der Waals surface area contributed by atoms with Crippen LogP contribution < -0.4 is 14.8 Å². The third kappa shape index (κ3) is 7.28. The summed E-state index contributed by atoms with van der Waals surface area (Å²) in [4.78, 5) is 26.5. The second-order valence-corrected chi connectivity index (χ2v) is 13.4. The molecule has 246 valence electrons. The van der Waals surface area contributed by atoms with Crippen LogP contribution in [-0.4, -0.2) is 54.2 Å². The Labute approximate surface area is 253 Å². The lowest BCUT2D eigenvalue weighted by molar-refractivity contribution is -0.202. The smallest absolute Gasteiger partial charge is 0.416 e. The number of alkyl halides is 6. The number of nitrogens with zero attached hydrogens (tertiary/aromatic N) is 2. The number of halogens is 7. The highest BCUT2D eigenvalue weighted by Crippen LogP contribution is 2.50. The number of hydrogen-bond acceptors (Lipinski definition) is 6. The van der Waals surface area contributed by atoms with Crippen LogP contribution >= 0.6 is 0 Å². The molecule has 2 heterocycles. The van der Waals surface area contributed by atoms with Gasteiger partial charge >= 0.3 is 12.4 Å². The molecule has 0 saturated heterocycles. The van der Waals surface area contributed by atoms with Crippen LogP contribution in [0.2, 0.25) is 0 Å². The second kappa shape index (κ2) is 11.9. The fourth-order valence-corrected chi connectivity index (χ4v) is 6.45. The third-order valence-electron chi connectivity index (χ3n) is 7.85. The van der Waals surface area contributed by atoms with E-state index in [0.717, 1.165) is 31.2 Å². The zero-order chi connectivity index (χ0) is 32.8. The Balaban J connectivity index is 1.45. The van der Waals surface area contributed by atoms with Crippen molar-refractivity contribution >= 4 is 27.4 Å². The van der Waals surface area contributed by atoms with Gasteiger partial charge in [0.05, 0.1) is 24.1 Å². The molecule has 2 saturated carbocycles. The monoisotopic (exact) mass is 666 g/mol. The van der Waals surface area contributed by atoms with Crippen LogP contribution in [0, 0.1) is 5.82 Å². The summed E-state index contributed by atoms with van der Waals surface area (Å²) >= 11 is 0. The van der Waals surface area contributed by atoms with Gasteiger partial charge in [-0.05, 0) is 62.7 Å². The fourth-order valence-electron chi connectivity index (χ4n) is 5.16. The Hall–Kier alpha value is -3.63. The standard InChI is InChI=1S/C28H29F7N4O5S/c29-22-12-18(44-11-3-1-2-10-27(30,31)32)6-9-21(22)26(28(33,34)35)13-20(16-14-36-39(15-16)17-4-5-17)23(24(40)37-26)25(41)38-45(42,43)19-7-8-19/h6,9,12,14-15,17,19H,1-5,7-8,10-11,13H2,(H,37,40)(H,38,41)/t26-/m0/s1. The highest BCUT2D eigenvalue weighted by atomic mass is 32.2. The third-order valence-corrected chi connectivity index (χ3v) is 9.67. The van der Waals surface area contributed by atoms with Crippen molar-refractivity contribution in [2.75, 3.05) is 6.61 Å². The topological polar surface area (TPSA) is 119 Å². The van der Waals surface area contributed by atoms with Gasteiger partial charge in [0.1, 0.15) is 17.1 Å². The Morgan fingerprint density at radius 1 is 1.09 bits per heavy atom. The van der Waals surface area contributed by atoms with E-state index in [9.17, 15) is 44.3 Å². The normalized spacial score (nSPS) is 21.1. The molecule has 1 aromatic heterocycles. The predicted molar refractivity (Wildman–Crippen MR) is 144 cm³/mol. The molecule has 2 aliphatic carbocycles. The maximum absolute atomic E-state index is 15.5. The molecule has 1 aliphatic heterocycles. The van der Waals surface area contributed by atoms with Crippen LogP contribution in [0.15, 0.2) is 36.2 Å². The van der Waals surface area contributed by atoms with Gasteiger partial charge in [-0.1, -0.05) is 0 Å². The number of aromatic nitrogens is 2. The van der Waals surface area contributed by atoms with E-state index in [1.54, 1.807) is 10.0 Å². The number of rotatable bonds is 12. The molecule has 1 atom stereocenters. The summed E-state index contributed by atoms with van der Waals surface area (Å²) in [6.45, 7) is -0.113. The molecule has 1 aromatic carbocycles. The van der Waals surface area contributed by atoms with Gasteiger partial charge in [-0.25, -0.2) is 17.5 Å². The molecule has 0 unspecified atom stereocenters. The van der Waals surface area contributed by atoms with E-state index >= 15 is 4.39 Å². The molecule has 0 radical (unpaired) electrons. The Morgan fingerprint density at radius 2 is 1.80 bits per heavy atom. The van der Waals surface area contributed by atoms with Gasteiger partial charge in [-0.15, -0.1) is 0 Å². The van der Waals surface area contributed by atoms with Crippen molar-refractivity contribution in [3.63, 3.8) is 0 Å². The van der Waals surface area contributed by atoms with Gasteiger partial charge in [0, 0.05) is 36.2 Å². The first-order chi connectivity index (χ1) is 21.0. The van der Waals surface area contributed by atoms with Gasteiger partial charge in [-0.2, -0.15) is 31.4 Å². The van der Waals surface area contributed by atoms with Crippen LogP contribution in [0.3, 0.4) is 0 Å². The minimum absolute atomic E-state index is 0.0220. The lowest BCUT2D eigenvalue weighted by atomic mass is 9.76. The molecular formula is C28H29F7N4O5S. The molecule has 17 heteroatoms. The largest absolute Gasteiger partial charge is 0.493 e. The van der Waals surface area contributed by atoms with E-state index < -0.39 is 80.3 Å². The van der Waals surface area contributed by atoms with Crippen molar-refractivity contribution in [3.05, 3.63) is 53.1 Å². The molecule has 9 nitrogen and oxygen atoms in total. The van der Waals surface area contributed by atoms with E-state index in [-0.39, 0.29) is 56.1 Å². The second-order valence-electron chi connectivity index (χ2n) is 11.4. The Bertz CT molecular complexity index is 1610. The molecule has 45 heavy (non-hydrogen) atoms. The molecule has 2 aromatic rings. The molecule has 5 rings (SSSR count). The SMILES string of the molecule is O=C1N[C@@](c2ccc(OCCCCCC(F)(F)F)cc2F)(C(F)(F)F)CC(c2cnn(C3CC3)c2)=C1C(=O)NS(=O)(=O)C1CC1. The zero-order valence-corrected chi connectivity index (χ0v) is 24.4. The zero-order valence-electron chi connectivity index (χ0n) is 23.6. The van der Waals surface area contributed by atoms with E-state index in [2.05, 4.69) is 5.10 Å². The Morgan fingerprint density at radius 3 is 2.40 bits per heavy atom. The summed E-state index contributed by atoms with van der Waals surface area (Å²) in [7, 11) is -4.18. The van der Waals surface area contributed by atoms with Crippen LogP contribution in [-0.2, 0) is 25.2 Å². The van der Waals surface area contributed by atoms with E-state index in [0.29, 0.717) is 6.07 Å². The first-order valence-electron chi connectivity index (χ1n) is 14.2. The number of unbranched alkanes of at least 4 members (excludes halogenated alkanes) is 2. The lowest BCUT2D eigenvalue weighted by Gasteiger charge is -2.41. The average Bonchev–Trinajstić information content (AvgIpc) is 3.86. The number of carbonyl (C=O) groups is 2. The summed E-state index contributed by atoms with van der Waals surface area (Å²) in [5, 5.41) is 5.02. The van der Waals surface area contributed by atoms with E-state index in [4.69, 9.17) is 4.74 Å². The minimum Gasteiger partial charge on any atom is -0.493 e. The van der Waals surface area contributed by atoms with Gasteiger partial charge < -0.3 is 10.1 Å². The molecule has 3 aliphatic rings. The summed E-state index contributed by atoms with van der Waals surface area (Å²) in [6, 6.07) is 2.46. The average molecular weight is 667 g/mol. The van der Waals surface area contributed by atoms with Crippen LogP contribution in [0.5, 0.6) is 5.75 Å². The summed E-state index contributed by atoms with van der Waals surface area (Å²) < 4.78 is 131. The molecule has 2 N–H and O–H groups in total. The first kappa shape index (κ1) is 32.8. The molecule has 0 spiro atoms. The van der Waals surface area contributed by atoms with Crippen LogP contribution in [0.4, 0.5) is 30.7 Å². The van der Waals surface area contributed by atoms with Crippen LogP contribution in [0.1, 0.15) is 75.0 Å². The minimum atomic E-state index is -5.32. The van der Waals surface area contributed by atoms with Gasteiger partial charge in [0.25, 0.3) is 11.8 Å². The number of amides is 2. The van der Waals surface area contributed by atoms with E-state index in [1.165, 1.54) is 10.9 Å². The number of sulfonamides is 1. The molecule has 0 bridgehead atoms. The summed E-state index contributed by atoms with van der Waals surface area (Å²) in [6.07, 6.45) is -6.95. The van der Waals surface area contributed by atoms with E-state index in [1.807, 2.05) is 0 Å². The van der Waals surface area contributed by atoms with Crippen molar-refractivity contribution < 1.29 is 53.5 Å². The maximum Gasteiger partial charge on any atom is 0.416 e.